The normalized spacial score (nSPS) is 34.8. The summed E-state index contributed by atoms with van der Waals surface area (Å²) in [5.74, 6) is 0.0108. The second-order valence-corrected chi connectivity index (χ2v) is 5.13. The molecule has 1 saturated heterocycles. The number of hydrogen-bond acceptors (Lipinski definition) is 4. The number of methoxy groups -OCH3 is 2. The van der Waals surface area contributed by atoms with Crippen molar-refractivity contribution in [2.45, 2.75) is 44.2 Å². The van der Waals surface area contributed by atoms with Gasteiger partial charge in [0.25, 0.3) is 0 Å². The van der Waals surface area contributed by atoms with Gasteiger partial charge in [0.2, 0.25) is 0 Å². The molecule has 0 N–H and O–H groups in total. The Balaban J connectivity index is 1.92. The molecule has 0 aromatic rings. The number of carbonyl (C=O) groups is 1. The SMILES string of the molecule is COC(=O)C1CCN([C@@H]2CCCC[C@H]2OC)C1. The standard InChI is InChI=1S/C13H23NO3/c1-16-12-6-4-3-5-11(12)14-8-7-10(9-14)13(15)17-2/h10-12H,3-9H2,1-2H3/t10?,11-,12-/m1/s1. The van der Waals surface area contributed by atoms with Crippen LogP contribution in [0.25, 0.3) is 0 Å². The van der Waals surface area contributed by atoms with E-state index in [4.69, 9.17) is 9.47 Å². The van der Waals surface area contributed by atoms with Crippen molar-refractivity contribution >= 4 is 5.97 Å². The summed E-state index contributed by atoms with van der Waals surface area (Å²) in [6, 6.07) is 0.503. The number of ether oxygens (including phenoxy) is 2. The molecule has 2 fully saturated rings. The van der Waals surface area contributed by atoms with Gasteiger partial charge in [0.1, 0.15) is 0 Å². The number of esters is 1. The molecule has 0 aromatic carbocycles. The summed E-state index contributed by atoms with van der Waals surface area (Å²) in [4.78, 5) is 13.9. The van der Waals surface area contributed by atoms with E-state index in [0.717, 1.165) is 25.9 Å². The number of hydrogen-bond donors (Lipinski definition) is 0. The van der Waals surface area contributed by atoms with Crippen molar-refractivity contribution in [3.05, 3.63) is 0 Å². The maximum atomic E-state index is 11.5. The molecule has 2 aliphatic rings. The van der Waals surface area contributed by atoms with Crippen LogP contribution in [0.3, 0.4) is 0 Å². The Morgan fingerprint density at radius 1 is 1.18 bits per heavy atom. The lowest BCUT2D eigenvalue weighted by molar-refractivity contribution is -0.145. The van der Waals surface area contributed by atoms with Crippen LogP contribution in [-0.2, 0) is 14.3 Å². The van der Waals surface area contributed by atoms with E-state index in [1.165, 1.54) is 26.4 Å². The number of nitrogens with zero attached hydrogens (tertiary/aromatic N) is 1. The van der Waals surface area contributed by atoms with Gasteiger partial charge in [-0.2, -0.15) is 0 Å². The molecule has 2 rings (SSSR count). The van der Waals surface area contributed by atoms with Crippen LogP contribution in [0, 0.1) is 5.92 Å². The highest BCUT2D eigenvalue weighted by Crippen LogP contribution is 2.29. The fraction of sp³-hybridized carbons (Fsp3) is 0.923. The van der Waals surface area contributed by atoms with E-state index >= 15 is 0 Å². The summed E-state index contributed by atoms with van der Waals surface area (Å²) < 4.78 is 10.4. The Kier molecular flexibility index (Phi) is 4.40. The van der Waals surface area contributed by atoms with Crippen molar-refractivity contribution in [1.29, 1.82) is 0 Å². The molecule has 0 bridgehead atoms. The molecule has 1 aliphatic carbocycles. The lowest BCUT2D eigenvalue weighted by Crippen LogP contribution is -2.45. The first-order chi connectivity index (χ1) is 8.26. The number of carbonyl (C=O) groups excluding carboxylic acids is 1. The first-order valence-corrected chi connectivity index (χ1v) is 6.61. The molecule has 1 heterocycles. The predicted molar refractivity (Wildman–Crippen MR) is 64.7 cm³/mol. The van der Waals surface area contributed by atoms with Crippen LogP contribution in [0.2, 0.25) is 0 Å². The van der Waals surface area contributed by atoms with Gasteiger partial charge in [-0.1, -0.05) is 12.8 Å². The van der Waals surface area contributed by atoms with Crippen LogP contribution in [-0.4, -0.2) is 50.3 Å². The third-order valence-corrected chi connectivity index (χ3v) is 4.19. The molecular formula is C13H23NO3. The molecule has 1 aliphatic heterocycles. The second-order valence-electron chi connectivity index (χ2n) is 5.13. The van der Waals surface area contributed by atoms with Crippen LogP contribution < -0.4 is 0 Å². The van der Waals surface area contributed by atoms with Gasteiger partial charge in [-0.25, -0.2) is 0 Å². The van der Waals surface area contributed by atoms with Gasteiger partial charge in [-0.15, -0.1) is 0 Å². The molecule has 1 unspecified atom stereocenters. The predicted octanol–water partition coefficient (Wildman–Crippen LogP) is 1.44. The smallest absolute Gasteiger partial charge is 0.310 e. The molecule has 0 radical (unpaired) electrons. The Bertz CT molecular complexity index is 269. The summed E-state index contributed by atoms with van der Waals surface area (Å²) in [5, 5.41) is 0. The first-order valence-electron chi connectivity index (χ1n) is 6.61. The summed E-state index contributed by atoms with van der Waals surface area (Å²) >= 11 is 0. The molecule has 0 aromatic heterocycles. The van der Waals surface area contributed by atoms with Crippen LogP contribution >= 0.6 is 0 Å². The second kappa shape index (κ2) is 5.83. The van der Waals surface area contributed by atoms with Crippen molar-refractivity contribution in [2.24, 2.45) is 5.92 Å². The van der Waals surface area contributed by atoms with Gasteiger partial charge >= 0.3 is 5.97 Å². The van der Waals surface area contributed by atoms with Crippen LogP contribution in [0.4, 0.5) is 0 Å². The van der Waals surface area contributed by atoms with E-state index in [9.17, 15) is 4.79 Å². The summed E-state index contributed by atoms with van der Waals surface area (Å²) in [7, 11) is 3.28. The molecule has 4 nitrogen and oxygen atoms in total. The lowest BCUT2D eigenvalue weighted by atomic mass is 9.91. The maximum absolute atomic E-state index is 11.5. The van der Waals surface area contributed by atoms with Gasteiger partial charge in [0, 0.05) is 19.7 Å². The lowest BCUT2D eigenvalue weighted by Gasteiger charge is -2.37. The zero-order valence-corrected chi connectivity index (χ0v) is 10.9. The Hall–Kier alpha value is -0.610. The quantitative estimate of drug-likeness (QED) is 0.701. The first kappa shape index (κ1) is 12.8. The van der Waals surface area contributed by atoms with E-state index in [0.29, 0.717) is 12.1 Å². The van der Waals surface area contributed by atoms with Crippen LogP contribution in [0.1, 0.15) is 32.1 Å². The van der Waals surface area contributed by atoms with Crippen molar-refractivity contribution < 1.29 is 14.3 Å². The molecule has 0 amide bonds. The van der Waals surface area contributed by atoms with Crippen molar-refractivity contribution in [3.8, 4) is 0 Å². The minimum absolute atomic E-state index is 0.0581. The largest absolute Gasteiger partial charge is 0.469 e. The van der Waals surface area contributed by atoms with Crippen LogP contribution in [0.5, 0.6) is 0 Å². The van der Waals surface area contributed by atoms with Gasteiger partial charge < -0.3 is 9.47 Å². The average molecular weight is 241 g/mol. The zero-order chi connectivity index (χ0) is 12.3. The van der Waals surface area contributed by atoms with Gasteiger partial charge in [-0.05, 0) is 25.8 Å². The van der Waals surface area contributed by atoms with E-state index in [2.05, 4.69) is 4.90 Å². The molecule has 4 heteroatoms. The van der Waals surface area contributed by atoms with E-state index in [1.54, 1.807) is 7.11 Å². The third kappa shape index (κ3) is 2.80. The minimum Gasteiger partial charge on any atom is -0.469 e. The Morgan fingerprint density at radius 2 is 1.94 bits per heavy atom. The third-order valence-electron chi connectivity index (χ3n) is 4.19. The number of rotatable bonds is 3. The zero-order valence-electron chi connectivity index (χ0n) is 10.9. The Morgan fingerprint density at radius 3 is 2.65 bits per heavy atom. The van der Waals surface area contributed by atoms with Crippen LogP contribution in [0.15, 0.2) is 0 Å². The van der Waals surface area contributed by atoms with Crippen molar-refractivity contribution in [2.75, 3.05) is 27.3 Å². The van der Waals surface area contributed by atoms with Gasteiger partial charge in [-0.3, -0.25) is 9.69 Å². The maximum Gasteiger partial charge on any atom is 0.310 e. The van der Waals surface area contributed by atoms with Gasteiger partial charge in [0.15, 0.2) is 0 Å². The van der Waals surface area contributed by atoms with Crippen molar-refractivity contribution in [3.63, 3.8) is 0 Å². The Labute approximate surface area is 103 Å². The summed E-state index contributed by atoms with van der Waals surface area (Å²) in [5.41, 5.74) is 0. The van der Waals surface area contributed by atoms with Crippen molar-refractivity contribution in [1.82, 2.24) is 4.90 Å². The highest BCUT2D eigenvalue weighted by Gasteiger charge is 2.37. The van der Waals surface area contributed by atoms with Gasteiger partial charge in [0.05, 0.1) is 19.1 Å². The highest BCUT2D eigenvalue weighted by molar-refractivity contribution is 5.72. The molecule has 3 atom stereocenters. The molecule has 17 heavy (non-hydrogen) atoms. The molecule has 0 spiro atoms. The fourth-order valence-electron chi connectivity index (χ4n) is 3.22. The van der Waals surface area contributed by atoms with E-state index in [-0.39, 0.29) is 11.9 Å². The molecular weight excluding hydrogens is 218 g/mol. The fourth-order valence-corrected chi connectivity index (χ4v) is 3.22. The van der Waals surface area contributed by atoms with E-state index < -0.39 is 0 Å². The summed E-state index contributed by atoms with van der Waals surface area (Å²) in [6.07, 6.45) is 6.18. The number of likely N-dealkylation sites (tertiary alicyclic amines) is 1. The summed E-state index contributed by atoms with van der Waals surface area (Å²) in [6.45, 7) is 1.85. The highest BCUT2D eigenvalue weighted by atomic mass is 16.5. The topological polar surface area (TPSA) is 38.8 Å². The average Bonchev–Trinajstić information content (AvgIpc) is 2.87. The molecule has 1 saturated carbocycles. The monoisotopic (exact) mass is 241 g/mol. The minimum atomic E-state index is -0.0581. The molecule has 98 valence electrons. The van der Waals surface area contributed by atoms with E-state index in [1.807, 2.05) is 0 Å².